The second-order valence-electron chi connectivity index (χ2n) is 4.40. The SMILES string of the molecule is COc1ccc(N=Cc2cc(Cl)cc([N+](=O)[O-])c2[O-])c(OC)c1. The van der Waals surface area contributed by atoms with Crippen LogP contribution in [0.3, 0.4) is 0 Å². The molecule has 0 saturated carbocycles. The Balaban J connectivity index is 2.43. The largest absolute Gasteiger partial charge is 0.867 e. The number of nitrogens with zero attached hydrogens (tertiary/aromatic N) is 2. The average molecular weight is 336 g/mol. The first kappa shape index (κ1) is 16.6. The Bertz CT molecular complexity index is 777. The first-order valence-corrected chi connectivity index (χ1v) is 6.75. The van der Waals surface area contributed by atoms with Crippen molar-refractivity contribution in [1.82, 2.24) is 0 Å². The van der Waals surface area contributed by atoms with Crippen molar-refractivity contribution in [1.29, 1.82) is 0 Å². The third-order valence-corrected chi connectivity index (χ3v) is 3.21. The van der Waals surface area contributed by atoms with Crippen molar-refractivity contribution in [3.8, 4) is 17.2 Å². The van der Waals surface area contributed by atoms with E-state index in [1.807, 2.05) is 0 Å². The van der Waals surface area contributed by atoms with E-state index in [1.54, 1.807) is 18.2 Å². The molecular weight excluding hydrogens is 324 g/mol. The number of rotatable bonds is 5. The summed E-state index contributed by atoms with van der Waals surface area (Å²) in [6.45, 7) is 0. The Hall–Kier alpha value is -2.80. The van der Waals surface area contributed by atoms with Crippen LogP contribution in [0.5, 0.6) is 17.2 Å². The van der Waals surface area contributed by atoms with Crippen molar-refractivity contribution >= 4 is 29.2 Å². The van der Waals surface area contributed by atoms with Gasteiger partial charge >= 0.3 is 0 Å². The lowest BCUT2D eigenvalue weighted by atomic mass is 10.2. The fraction of sp³-hybridized carbons (Fsp3) is 0.133. The van der Waals surface area contributed by atoms with Gasteiger partial charge in [0.1, 0.15) is 17.2 Å². The Kier molecular flexibility index (Phi) is 5.02. The third-order valence-electron chi connectivity index (χ3n) is 2.99. The molecule has 0 spiro atoms. The highest BCUT2D eigenvalue weighted by Gasteiger charge is 2.11. The van der Waals surface area contributed by atoms with Gasteiger partial charge in [-0.2, -0.15) is 0 Å². The van der Waals surface area contributed by atoms with E-state index in [4.69, 9.17) is 21.1 Å². The van der Waals surface area contributed by atoms with Gasteiger partial charge in [-0.05, 0) is 29.5 Å². The van der Waals surface area contributed by atoms with E-state index in [-0.39, 0.29) is 10.6 Å². The highest BCUT2D eigenvalue weighted by Crippen LogP contribution is 2.33. The third kappa shape index (κ3) is 3.70. The van der Waals surface area contributed by atoms with Crippen LogP contribution in [-0.4, -0.2) is 25.4 Å². The summed E-state index contributed by atoms with van der Waals surface area (Å²) >= 11 is 5.80. The molecule has 120 valence electrons. The van der Waals surface area contributed by atoms with Crippen LogP contribution in [-0.2, 0) is 0 Å². The van der Waals surface area contributed by atoms with Crippen molar-refractivity contribution < 1.29 is 19.5 Å². The zero-order chi connectivity index (χ0) is 17.0. The molecule has 0 N–H and O–H groups in total. The van der Waals surface area contributed by atoms with E-state index < -0.39 is 16.4 Å². The number of benzene rings is 2. The van der Waals surface area contributed by atoms with Crippen LogP contribution in [0.15, 0.2) is 35.3 Å². The molecule has 0 atom stereocenters. The van der Waals surface area contributed by atoms with E-state index in [1.165, 1.54) is 26.5 Å². The Morgan fingerprint density at radius 3 is 2.57 bits per heavy atom. The van der Waals surface area contributed by atoms with Gasteiger partial charge in [-0.1, -0.05) is 11.6 Å². The highest BCUT2D eigenvalue weighted by molar-refractivity contribution is 6.31. The summed E-state index contributed by atoms with van der Waals surface area (Å²) in [7, 11) is 2.99. The smallest absolute Gasteiger partial charge is 0.263 e. The molecule has 2 aromatic carbocycles. The molecule has 0 aromatic heterocycles. The average Bonchev–Trinajstić information content (AvgIpc) is 2.54. The monoisotopic (exact) mass is 335 g/mol. The minimum atomic E-state index is -0.778. The molecule has 0 heterocycles. The van der Waals surface area contributed by atoms with Crippen LogP contribution in [0.2, 0.25) is 5.02 Å². The van der Waals surface area contributed by atoms with Gasteiger partial charge in [0.05, 0.1) is 19.1 Å². The topological polar surface area (TPSA) is 97.0 Å². The van der Waals surface area contributed by atoms with E-state index in [9.17, 15) is 15.2 Å². The molecule has 0 fully saturated rings. The quantitative estimate of drug-likeness (QED) is 0.475. The normalized spacial score (nSPS) is 10.7. The minimum Gasteiger partial charge on any atom is -0.867 e. The van der Waals surface area contributed by atoms with Crippen LogP contribution in [0.1, 0.15) is 5.56 Å². The van der Waals surface area contributed by atoms with E-state index in [0.717, 1.165) is 6.07 Å². The maximum atomic E-state index is 12.0. The number of hydrogen-bond donors (Lipinski definition) is 0. The molecule has 8 heteroatoms. The van der Waals surface area contributed by atoms with Gasteiger partial charge in [-0.15, -0.1) is 0 Å². The minimum absolute atomic E-state index is 0.0158. The molecule has 2 rings (SSSR count). The number of ether oxygens (including phenoxy) is 2. The molecule has 0 bridgehead atoms. The van der Waals surface area contributed by atoms with Crippen molar-refractivity contribution in [2.75, 3.05) is 14.2 Å². The molecule has 0 saturated heterocycles. The molecule has 0 radical (unpaired) electrons. The van der Waals surface area contributed by atoms with Gasteiger partial charge in [0, 0.05) is 23.4 Å². The van der Waals surface area contributed by atoms with Crippen molar-refractivity contribution in [3.05, 3.63) is 51.0 Å². The predicted molar refractivity (Wildman–Crippen MR) is 84.4 cm³/mol. The van der Waals surface area contributed by atoms with Crippen molar-refractivity contribution in [3.63, 3.8) is 0 Å². The summed E-state index contributed by atoms with van der Waals surface area (Å²) in [5.74, 6) is 0.268. The summed E-state index contributed by atoms with van der Waals surface area (Å²) in [5, 5.41) is 22.9. The van der Waals surface area contributed by atoms with Gasteiger partial charge < -0.3 is 14.6 Å². The van der Waals surface area contributed by atoms with Crippen LogP contribution >= 0.6 is 11.6 Å². The van der Waals surface area contributed by atoms with E-state index in [2.05, 4.69) is 4.99 Å². The summed E-state index contributed by atoms with van der Waals surface area (Å²) in [6.07, 6.45) is 1.21. The zero-order valence-electron chi connectivity index (χ0n) is 12.3. The second-order valence-corrected chi connectivity index (χ2v) is 4.83. The second kappa shape index (κ2) is 6.97. The van der Waals surface area contributed by atoms with Crippen LogP contribution in [0, 0.1) is 10.1 Å². The molecule has 2 aromatic rings. The maximum Gasteiger partial charge on any atom is 0.263 e. The number of methoxy groups -OCH3 is 2. The summed E-state index contributed by atoms with van der Waals surface area (Å²) in [5.41, 5.74) is -0.141. The van der Waals surface area contributed by atoms with Crippen LogP contribution < -0.4 is 14.6 Å². The lowest BCUT2D eigenvalue weighted by Gasteiger charge is -2.11. The fourth-order valence-corrected chi connectivity index (χ4v) is 2.08. The molecule has 0 unspecified atom stereocenters. The molecule has 0 aliphatic rings. The van der Waals surface area contributed by atoms with Crippen molar-refractivity contribution in [2.45, 2.75) is 0 Å². The maximum absolute atomic E-state index is 12.0. The van der Waals surface area contributed by atoms with Crippen LogP contribution in [0.4, 0.5) is 11.4 Å². The van der Waals surface area contributed by atoms with Gasteiger partial charge in [0.2, 0.25) is 0 Å². The molecule has 0 amide bonds. The Morgan fingerprint density at radius 1 is 1.22 bits per heavy atom. The number of nitro benzene ring substituents is 1. The predicted octanol–water partition coefficient (Wildman–Crippen LogP) is 3.09. The summed E-state index contributed by atoms with van der Waals surface area (Å²) in [6, 6.07) is 7.27. The lowest BCUT2D eigenvalue weighted by Crippen LogP contribution is -2.02. The van der Waals surface area contributed by atoms with E-state index in [0.29, 0.717) is 17.2 Å². The summed E-state index contributed by atoms with van der Waals surface area (Å²) in [4.78, 5) is 14.2. The summed E-state index contributed by atoms with van der Waals surface area (Å²) < 4.78 is 10.3. The molecule has 7 nitrogen and oxygen atoms in total. The molecule has 0 aliphatic heterocycles. The van der Waals surface area contributed by atoms with Crippen molar-refractivity contribution in [2.24, 2.45) is 4.99 Å². The fourth-order valence-electron chi connectivity index (χ4n) is 1.86. The Labute approximate surface area is 136 Å². The highest BCUT2D eigenvalue weighted by atomic mass is 35.5. The molecular formula is C15H12ClN2O5-. The zero-order valence-corrected chi connectivity index (χ0v) is 13.0. The van der Waals surface area contributed by atoms with Gasteiger partial charge in [-0.25, -0.2) is 0 Å². The number of halogens is 1. The first-order chi connectivity index (χ1) is 11.0. The molecule has 0 aliphatic carbocycles. The first-order valence-electron chi connectivity index (χ1n) is 6.37. The van der Waals surface area contributed by atoms with Gasteiger partial charge in [0.25, 0.3) is 5.69 Å². The van der Waals surface area contributed by atoms with E-state index >= 15 is 0 Å². The van der Waals surface area contributed by atoms with Gasteiger partial charge in [-0.3, -0.25) is 15.1 Å². The van der Waals surface area contributed by atoms with Gasteiger partial charge in [0.15, 0.2) is 0 Å². The standard InChI is InChI=1S/C15H13ClN2O5/c1-22-11-3-4-12(14(7-11)23-2)17-8-9-5-10(16)6-13(15(9)19)18(20)21/h3-8,19H,1-2H3/p-1. The number of aliphatic imine (C=N–C) groups is 1. The number of hydrogen-bond acceptors (Lipinski definition) is 6. The molecule has 23 heavy (non-hydrogen) atoms. The lowest BCUT2D eigenvalue weighted by molar-refractivity contribution is -0.398. The number of nitro groups is 1. The Morgan fingerprint density at radius 2 is 1.96 bits per heavy atom. The van der Waals surface area contributed by atoms with Crippen LogP contribution in [0.25, 0.3) is 0 Å².